The summed E-state index contributed by atoms with van der Waals surface area (Å²) in [6.07, 6.45) is 0.957. The largest absolute Gasteiger partial charge is 0.396 e. The minimum atomic E-state index is -0.444. The Morgan fingerprint density at radius 1 is 1.33 bits per heavy atom. The zero-order chi connectivity index (χ0) is 9.03. The van der Waals surface area contributed by atoms with Gasteiger partial charge in [-0.05, 0) is 12.8 Å². The summed E-state index contributed by atoms with van der Waals surface area (Å²) < 4.78 is 0. The summed E-state index contributed by atoms with van der Waals surface area (Å²) in [5.74, 6) is 0. The second-order valence-electron chi connectivity index (χ2n) is 3.04. The molecule has 0 unspecified atom stereocenters. The van der Waals surface area contributed by atoms with Crippen molar-refractivity contribution in [3.63, 3.8) is 0 Å². The lowest BCUT2D eigenvalue weighted by Crippen LogP contribution is -2.45. The second-order valence-corrected chi connectivity index (χ2v) is 3.04. The summed E-state index contributed by atoms with van der Waals surface area (Å²) in [6, 6.07) is -0.225. The van der Waals surface area contributed by atoms with Gasteiger partial charge in [0.15, 0.2) is 0 Å². The van der Waals surface area contributed by atoms with Crippen molar-refractivity contribution in [3.8, 4) is 0 Å². The summed E-state index contributed by atoms with van der Waals surface area (Å²) in [4.78, 5) is 10.8. The molecule has 0 aromatic carbocycles. The molecule has 0 aliphatic carbocycles. The zero-order valence-corrected chi connectivity index (χ0v) is 6.84. The van der Waals surface area contributed by atoms with Crippen LogP contribution < -0.4 is 10.6 Å². The number of amides is 2. The average Bonchev–Trinajstić information content (AvgIpc) is 2.34. The monoisotopic (exact) mass is 174 g/mol. The van der Waals surface area contributed by atoms with Crippen LogP contribution in [0.2, 0.25) is 0 Å². The second kappa shape index (κ2) is 3.73. The third-order valence-electron chi connectivity index (χ3n) is 2.15. The normalized spacial score (nSPS) is 20.3. The van der Waals surface area contributed by atoms with E-state index in [1.807, 2.05) is 0 Å². The van der Waals surface area contributed by atoms with Crippen LogP contribution in [0.4, 0.5) is 4.79 Å². The molecule has 0 aromatic heterocycles. The maximum atomic E-state index is 10.8. The summed E-state index contributed by atoms with van der Waals surface area (Å²) in [6.45, 7) is 0.511. The van der Waals surface area contributed by atoms with Crippen LogP contribution in [0.1, 0.15) is 12.8 Å². The number of aliphatic hydroxyl groups is 2. The fourth-order valence-corrected chi connectivity index (χ4v) is 1.43. The molecule has 4 N–H and O–H groups in total. The van der Waals surface area contributed by atoms with Gasteiger partial charge in [0.25, 0.3) is 0 Å². The smallest absolute Gasteiger partial charge is 0.315 e. The van der Waals surface area contributed by atoms with Crippen molar-refractivity contribution in [2.24, 2.45) is 0 Å². The zero-order valence-electron chi connectivity index (χ0n) is 6.84. The number of hydrogen-bond donors (Lipinski definition) is 4. The van der Waals surface area contributed by atoms with Crippen LogP contribution in [0, 0.1) is 0 Å². The molecular formula is C7H14N2O3. The first-order valence-corrected chi connectivity index (χ1v) is 4.00. The van der Waals surface area contributed by atoms with Gasteiger partial charge in [0.05, 0.1) is 5.54 Å². The summed E-state index contributed by atoms with van der Waals surface area (Å²) in [5, 5.41) is 22.8. The molecule has 1 aliphatic heterocycles. The van der Waals surface area contributed by atoms with E-state index >= 15 is 0 Å². The first kappa shape index (κ1) is 9.28. The Balaban J connectivity index is 2.54. The lowest BCUT2D eigenvalue weighted by molar-refractivity contribution is 0.185. The van der Waals surface area contributed by atoms with E-state index in [2.05, 4.69) is 10.6 Å². The molecule has 12 heavy (non-hydrogen) atoms. The number of urea groups is 1. The quantitative estimate of drug-likeness (QED) is 0.432. The maximum absolute atomic E-state index is 10.8. The van der Waals surface area contributed by atoms with E-state index in [9.17, 15) is 4.79 Å². The van der Waals surface area contributed by atoms with Crippen LogP contribution in [-0.2, 0) is 0 Å². The van der Waals surface area contributed by atoms with Crippen LogP contribution in [0.15, 0.2) is 0 Å². The number of aliphatic hydroxyl groups excluding tert-OH is 2. The van der Waals surface area contributed by atoms with Gasteiger partial charge in [0.2, 0.25) is 0 Å². The third kappa shape index (κ3) is 1.86. The lowest BCUT2D eigenvalue weighted by atomic mass is 9.93. The van der Waals surface area contributed by atoms with Crippen molar-refractivity contribution in [1.82, 2.24) is 10.6 Å². The van der Waals surface area contributed by atoms with Gasteiger partial charge in [-0.3, -0.25) is 0 Å². The summed E-state index contributed by atoms with van der Waals surface area (Å²) in [7, 11) is 0. The number of carbonyl (C=O) groups is 1. The van der Waals surface area contributed by atoms with Gasteiger partial charge in [-0.15, -0.1) is 0 Å². The van der Waals surface area contributed by atoms with Gasteiger partial charge in [-0.25, -0.2) is 4.79 Å². The average molecular weight is 174 g/mol. The summed E-state index contributed by atoms with van der Waals surface area (Å²) in [5.41, 5.74) is -0.444. The molecule has 5 heteroatoms. The number of rotatable bonds is 4. The predicted octanol–water partition coefficient (Wildman–Crippen LogP) is -1.20. The summed E-state index contributed by atoms with van der Waals surface area (Å²) >= 11 is 0. The van der Waals surface area contributed by atoms with E-state index in [1.165, 1.54) is 0 Å². The van der Waals surface area contributed by atoms with Crippen molar-refractivity contribution in [1.29, 1.82) is 0 Å². The molecule has 0 bridgehead atoms. The maximum Gasteiger partial charge on any atom is 0.315 e. The number of carbonyl (C=O) groups excluding carboxylic acids is 1. The first-order chi connectivity index (χ1) is 5.72. The van der Waals surface area contributed by atoms with E-state index in [4.69, 9.17) is 10.2 Å². The molecule has 5 nitrogen and oxygen atoms in total. The molecule has 70 valence electrons. The van der Waals surface area contributed by atoms with Crippen LogP contribution in [0.3, 0.4) is 0 Å². The molecule has 1 heterocycles. The van der Waals surface area contributed by atoms with E-state index < -0.39 is 5.54 Å². The Hall–Kier alpha value is -0.810. The van der Waals surface area contributed by atoms with Crippen LogP contribution in [-0.4, -0.2) is 41.5 Å². The minimum Gasteiger partial charge on any atom is -0.396 e. The number of nitrogens with one attached hydrogen (secondary N) is 2. The van der Waals surface area contributed by atoms with Crippen molar-refractivity contribution < 1.29 is 15.0 Å². The van der Waals surface area contributed by atoms with Gasteiger partial charge in [-0.2, -0.15) is 0 Å². The van der Waals surface area contributed by atoms with Crippen LogP contribution in [0.5, 0.6) is 0 Å². The van der Waals surface area contributed by atoms with Crippen LogP contribution in [0.25, 0.3) is 0 Å². The lowest BCUT2D eigenvalue weighted by Gasteiger charge is -2.25. The molecule has 0 saturated carbocycles. The molecule has 0 radical (unpaired) electrons. The fraction of sp³-hybridized carbons (Fsp3) is 0.857. The Kier molecular flexibility index (Phi) is 2.88. The van der Waals surface area contributed by atoms with E-state index in [-0.39, 0.29) is 19.2 Å². The van der Waals surface area contributed by atoms with Crippen LogP contribution >= 0.6 is 0 Å². The van der Waals surface area contributed by atoms with E-state index in [0.717, 1.165) is 0 Å². The number of hydrogen-bond acceptors (Lipinski definition) is 3. The Bertz CT molecular complexity index is 166. The molecule has 1 aliphatic rings. The predicted molar refractivity (Wildman–Crippen MR) is 42.7 cm³/mol. The Labute approximate surface area is 70.8 Å². The van der Waals surface area contributed by atoms with Crippen molar-refractivity contribution in [3.05, 3.63) is 0 Å². The third-order valence-corrected chi connectivity index (χ3v) is 2.15. The van der Waals surface area contributed by atoms with Crippen molar-refractivity contribution in [2.75, 3.05) is 19.8 Å². The fourth-order valence-electron chi connectivity index (χ4n) is 1.43. The molecule has 1 saturated heterocycles. The molecule has 2 amide bonds. The van der Waals surface area contributed by atoms with Gasteiger partial charge in [0.1, 0.15) is 0 Å². The molecule has 0 atom stereocenters. The molecule has 1 rings (SSSR count). The Morgan fingerprint density at radius 2 is 1.92 bits per heavy atom. The minimum absolute atomic E-state index is 0.0158. The van der Waals surface area contributed by atoms with E-state index in [0.29, 0.717) is 19.4 Å². The Morgan fingerprint density at radius 3 is 2.25 bits per heavy atom. The van der Waals surface area contributed by atoms with Crippen molar-refractivity contribution >= 4 is 6.03 Å². The van der Waals surface area contributed by atoms with Gasteiger partial charge in [0, 0.05) is 19.8 Å². The van der Waals surface area contributed by atoms with Gasteiger partial charge < -0.3 is 20.8 Å². The highest BCUT2D eigenvalue weighted by Crippen LogP contribution is 2.17. The van der Waals surface area contributed by atoms with Gasteiger partial charge in [-0.1, -0.05) is 0 Å². The SMILES string of the molecule is O=C1NCC(CCO)(CCO)N1. The highest BCUT2D eigenvalue weighted by molar-refractivity contribution is 5.77. The topological polar surface area (TPSA) is 81.6 Å². The van der Waals surface area contributed by atoms with E-state index in [1.54, 1.807) is 0 Å². The standard InChI is InChI=1S/C7H14N2O3/c10-3-1-7(2-4-11)5-8-6(12)9-7/h10-11H,1-5H2,(H2,8,9,12). The molecule has 1 fully saturated rings. The first-order valence-electron chi connectivity index (χ1n) is 4.00. The van der Waals surface area contributed by atoms with Crippen molar-refractivity contribution in [2.45, 2.75) is 18.4 Å². The highest BCUT2D eigenvalue weighted by atomic mass is 16.3. The molecule has 0 spiro atoms. The molecular weight excluding hydrogens is 160 g/mol. The molecule has 0 aromatic rings. The highest BCUT2D eigenvalue weighted by Gasteiger charge is 2.36. The van der Waals surface area contributed by atoms with Gasteiger partial charge >= 0.3 is 6.03 Å².